The minimum Gasteiger partial charge on any atom is -0.396 e. The quantitative estimate of drug-likeness (QED) is 0.624. The third-order valence-electron chi connectivity index (χ3n) is 1.71. The van der Waals surface area contributed by atoms with Crippen LogP contribution in [0.5, 0.6) is 0 Å². The maximum absolute atomic E-state index is 5.78. The van der Waals surface area contributed by atoms with Crippen molar-refractivity contribution in [1.82, 2.24) is 4.98 Å². The molecule has 0 unspecified atom stereocenters. The Hall–Kier alpha value is -0.680. The average Bonchev–Trinajstić information content (AvgIpc) is 2.21. The lowest BCUT2D eigenvalue weighted by Gasteiger charge is -2.09. The minimum atomic E-state index is 0.665. The highest BCUT2D eigenvalue weighted by Gasteiger charge is 2.02. The molecule has 3 N–H and O–H groups in total. The normalized spacial score (nSPS) is 9.93. The summed E-state index contributed by atoms with van der Waals surface area (Å²) in [6.07, 6.45) is 5.28. The van der Waals surface area contributed by atoms with Crippen LogP contribution in [0.25, 0.3) is 0 Å². The summed E-state index contributed by atoms with van der Waals surface area (Å²) >= 11 is 5.23. The number of nitrogens with one attached hydrogen (secondary N) is 1. The monoisotopic (exact) mass is 287 g/mol. The van der Waals surface area contributed by atoms with Crippen LogP contribution in [0, 0.1) is 0 Å². The summed E-state index contributed by atoms with van der Waals surface area (Å²) in [6.45, 7) is 4.55. The molecule has 82 valence electrons. The van der Waals surface area contributed by atoms with Gasteiger partial charge in [-0.05, 0) is 15.9 Å². The van der Waals surface area contributed by atoms with E-state index in [0.29, 0.717) is 5.69 Å². The fraction of sp³-hybridized carbons (Fsp3) is 0.300. The molecule has 0 atom stereocenters. The minimum absolute atomic E-state index is 0.665. The molecule has 1 rings (SSSR count). The van der Waals surface area contributed by atoms with E-state index in [4.69, 9.17) is 5.73 Å². The number of pyridine rings is 1. The van der Waals surface area contributed by atoms with E-state index in [-0.39, 0.29) is 0 Å². The Balaban J connectivity index is 2.40. The standard InChI is InChI=1S/C10H14BrN3S/c1-2-4-15-5-3-14-10-8(11)6-13-7-9(10)12/h2,6-7H,1,3-5,12H2,(H,13,14). The van der Waals surface area contributed by atoms with Gasteiger partial charge in [-0.15, -0.1) is 6.58 Å². The predicted molar refractivity (Wildman–Crippen MR) is 72.4 cm³/mol. The molecule has 0 bridgehead atoms. The third-order valence-corrected chi connectivity index (χ3v) is 3.28. The smallest absolute Gasteiger partial charge is 0.0750 e. The lowest BCUT2D eigenvalue weighted by Crippen LogP contribution is -2.07. The van der Waals surface area contributed by atoms with Crippen molar-refractivity contribution in [2.24, 2.45) is 0 Å². The largest absolute Gasteiger partial charge is 0.396 e. The van der Waals surface area contributed by atoms with Crippen LogP contribution < -0.4 is 11.1 Å². The van der Waals surface area contributed by atoms with Crippen molar-refractivity contribution in [3.63, 3.8) is 0 Å². The van der Waals surface area contributed by atoms with Crippen LogP contribution in [0.1, 0.15) is 0 Å². The fourth-order valence-electron chi connectivity index (χ4n) is 1.05. The summed E-state index contributed by atoms with van der Waals surface area (Å²) in [4.78, 5) is 3.97. The third kappa shape index (κ3) is 4.13. The van der Waals surface area contributed by atoms with Gasteiger partial charge in [0.2, 0.25) is 0 Å². The average molecular weight is 288 g/mol. The Kier molecular flexibility index (Phi) is 5.57. The number of nitrogen functional groups attached to an aromatic ring is 1. The second-order valence-corrected chi connectivity index (χ2v) is 4.88. The molecule has 0 radical (unpaired) electrons. The molecule has 0 amide bonds. The number of hydrogen-bond donors (Lipinski definition) is 2. The maximum atomic E-state index is 5.78. The van der Waals surface area contributed by atoms with Crippen molar-refractivity contribution >= 4 is 39.1 Å². The Bertz CT molecular complexity index is 310. The molecule has 0 saturated carbocycles. The summed E-state index contributed by atoms with van der Waals surface area (Å²) in [7, 11) is 0. The maximum Gasteiger partial charge on any atom is 0.0750 e. The van der Waals surface area contributed by atoms with Crippen LogP contribution in [0.3, 0.4) is 0 Å². The topological polar surface area (TPSA) is 50.9 Å². The number of hydrogen-bond acceptors (Lipinski definition) is 4. The Labute approximate surface area is 103 Å². The summed E-state index contributed by atoms with van der Waals surface area (Å²) in [5, 5.41) is 3.27. The first-order valence-electron chi connectivity index (χ1n) is 4.57. The molecule has 0 spiro atoms. The molecular formula is C10H14BrN3S. The van der Waals surface area contributed by atoms with Crippen molar-refractivity contribution in [2.75, 3.05) is 29.1 Å². The molecule has 5 heteroatoms. The van der Waals surface area contributed by atoms with Gasteiger partial charge in [-0.3, -0.25) is 4.98 Å². The van der Waals surface area contributed by atoms with E-state index in [1.54, 1.807) is 12.4 Å². The van der Waals surface area contributed by atoms with Crippen LogP contribution in [0.2, 0.25) is 0 Å². The van der Waals surface area contributed by atoms with Gasteiger partial charge in [0.1, 0.15) is 0 Å². The van der Waals surface area contributed by atoms with Gasteiger partial charge < -0.3 is 11.1 Å². The van der Waals surface area contributed by atoms with Crippen LogP contribution in [-0.4, -0.2) is 23.0 Å². The molecule has 0 aromatic carbocycles. The van der Waals surface area contributed by atoms with Crippen molar-refractivity contribution in [3.8, 4) is 0 Å². The van der Waals surface area contributed by atoms with Gasteiger partial charge in [0.25, 0.3) is 0 Å². The summed E-state index contributed by atoms with van der Waals surface area (Å²) in [5.41, 5.74) is 7.37. The number of nitrogens with zero attached hydrogens (tertiary/aromatic N) is 1. The van der Waals surface area contributed by atoms with E-state index in [1.165, 1.54) is 0 Å². The first kappa shape index (κ1) is 12.4. The SMILES string of the molecule is C=CCSCCNc1c(N)cncc1Br. The van der Waals surface area contributed by atoms with Gasteiger partial charge >= 0.3 is 0 Å². The molecule has 0 aliphatic carbocycles. The second kappa shape index (κ2) is 6.74. The van der Waals surface area contributed by atoms with Gasteiger partial charge in [0.05, 0.1) is 22.0 Å². The van der Waals surface area contributed by atoms with Gasteiger partial charge in [0, 0.05) is 24.2 Å². The highest BCUT2D eigenvalue weighted by Crippen LogP contribution is 2.26. The predicted octanol–water partition coefficient (Wildman–Crippen LogP) is 2.76. The van der Waals surface area contributed by atoms with Crippen LogP contribution in [0.4, 0.5) is 11.4 Å². The molecular weight excluding hydrogens is 274 g/mol. The number of halogens is 1. The van der Waals surface area contributed by atoms with Gasteiger partial charge in [-0.25, -0.2) is 0 Å². The molecule has 3 nitrogen and oxygen atoms in total. The number of rotatable bonds is 6. The molecule has 0 fully saturated rings. The van der Waals surface area contributed by atoms with E-state index < -0.39 is 0 Å². The lowest BCUT2D eigenvalue weighted by atomic mass is 10.3. The number of nitrogens with two attached hydrogens (primary N) is 1. The van der Waals surface area contributed by atoms with E-state index >= 15 is 0 Å². The zero-order valence-electron chi connectivity index (χ0n) is 8.37. The van der Waals surface area contributed by atoms with E-state index in [0.717, 1.165) is 28.2 Å². The first-order valence-corrected chi connectivity index (χ1v) is 6.52. The number of thioether (sulfide) groups is 1. The summed E-state index contributed by atoms with van der Waals surface area (Å²) in [5.74, 6) is 2.01. The molecule has 0 saturated heterocycles. The van der Waals surface area contributed by atoms with Crippen molar-refractivity contribution in [1.29, 1.82) is 0 Å². The molecule has 1 heterocycles. The van der Waals surface area contributed by atoms with Crippen LogP contribution in [0.15, 0.2) is 29.5 Å². The second-order valence-electron chi connectivity index (χ2n) is 2.88. The van der Waals surface area contributed by atoms with Crippen molar-refractivity contribution < 1.29 is 0 Å². The van der Waals surface area contributed by atoms with E-state index in [2.05, 4.69) is 32.8 Å². The molecule has 1 aromatic rings. The molecule has 15 heavy (non-hydrogen) atoms. The first-order chi connectivity index (χ1) is 7.25. The molecule has 0 aliphatic rings. The highest BCUT2D eigenvalue weighted by molar-refractivity contribution is 9.10. The van der Waals surface area contributed by atoms with Crippen molar-refractivity contribution in [2.45, 2.75) is 0 Å². The van der Waals surface area contributed by atoms with Gasteiger partial charge in [0.15, 0.2) is 0 Å². The van der Waals surface area contributed by atoms with E-state index in [1.807, 2.05) is 17.8 Å². The van der Waals surface area contributed by atoms with Gasteiger partial charge in [-0.2, -0.15) is 11.8 Å². The Morgan fingerprint density at radius 1 is 1.60 bits per heavy atom. The van der Waals surface area contributed by atoms with Crippen LogP contribution in [-0.2, 0) is 0 Å². The highest BCUT2D eigenvalue weighted by atomic mass is 79.9. The van der Waals surface area contributed by atoms with Crippen LogP contribution >= 0.6 is 27.7 Å². The lowest BCUT2D eigenvalue weighted by molar-refractivity contribution is 1.21. The summed E-state index contributed by atoms with van der Waals surface area (Å²) in [6, 6.07) is 0. The zero-order chi connectivity index (χ0) is 11.1. The number of anilines is 2. The summed E-state index contributed by atoms with van der Waals surface area (Å²) < 4.78 is 0.899. The molecule has 0 aliphatic heterocycles. The zero-order valence-corrected chi connectivity index (χ0v) is 10.8. The Morgan fingerprint density at radius 2 is 2.40 bits per heavy atom. The van der Waals surface area contributed by atoms with Gasteiger partial charge in [-0.1, -0.05) is 6.08 Å². The fourth-order valence-corrected chi connectivity index (χ4v) is 2.12. The van der Waals surface area contributed by atoms with E-state index in [9.17, 15) is 0 Å². The van der Waals surface area contributed by atoms with Crippen molar-refractivity contribution in [3.05, 3.63) is 29.5 Å². The molecule has 1 aromatic heterocycles. The Morgan fingerprint density at radius 3 is 3.07 bits per heavy atom. The number of aromatic nitrogens is 1.